The summed E-state index contributed by atoms with van der Waals surface area (Å²) in [4.78, 5) is 5.16. The van der Waals surface area contributed by atoms with E-state index in [1.54, 1.807) is 0 Å². The second-order valence-corrected chi connectivity index (χ2v) is 8.43. The Balaban J connectivity index is 0. The molecular weight excluding hydrogens is 470 g/mol. The number of nitrogens with two attached hydrogens (primary N) is 2. The molecule has 4 aliphatic rings. The third-order valence-corrected chi connectivity index (χ3v) is 6.61. The smallest absolute Gasteiger partial charge is 0.0594 e. The number of hydrogen-bond donors (Lipinski definition) is 2. The first-order chi connectivity index (χ1) is 12.7. The van der Waals surface area contributed by atoms with Gasteiger partial charge < -0.3 is 20.9 Å². The molecule has 4 N–H and O–H groups in total. The van der Waals surface area contributed by atoms with Crippen molar-refractivity contribution in [3.63, 3.8) is 0 Å². The van der Waals surface area contributed by atoms with Gasteiger partial charge in [-0.25, -0.2) is 0 Å². The van der Waals surface area contributed by atoms with Crippen molar-refractivity contribution in [3.05, 3.63) is 0 Å². The molecule has 2 saturated heterocycles. The van der Waals surface area contributed by atoms with E-state index in [0.717, 1.165) is 64.7 Å². The number of halogens is 4. The minimum atomic E-state index is 0. The van der Waals surface area contributed by atoms with Crippen molar-refractivity contribution >= 4 is 49.6 Å². The average Bonchev–Trinajstić information content (AvgIpc) is 2.71. The molecular formula is C20H44Cl4N4O2. The van der Waals surface area contributed by atoms with E-state index in [0.29, 0.717) is 12.1 Å². The number of rotatable bonds is 2. The molecule has 4 rings (SSSR count). The Morgan fingerprint density at radius 3 is 1.00 bits per heavy atom. The summed E-state index contributed by atoms with van der Waals surface area (Å²) in [5.41, 5.74) is 11.8. The summed E-state index contributed by atoms with van der Waals surface area (Å²) < 4.78 is 10.7. The van der Waals surface area contributed by atoms with Gasteiger partial charge in [0.05, 0.1) is 26.4 Å². The predicted octanol–water partition coefficient (Wildman–Crippen LogP) is 2.86. The van der Waals surface area contributed by atoms with Crippen LogP contribution in [0.15, 0.2) is 0 Å². The van der Waals surface area contributed by atoms with E-state index in [9.17, 15) is 0 Å². The molecule has 0 aromatic carbocycles. The summed E-state index contributed by atoms with van der Waals surface area (Å²) in [5, 5.41) is 0. The topological polar surface area (TPSA) is 77.0 Å². The van der Waals surface area contributed by atoms with Crippen LogP contribution in [0.2, 0.25) is 0 Å². The van der Waals surface area contributed by atoms with E-state index in [-0.39, 0.29) is 49.6 Å². The minimum absolute atomic E-state index is 0. The number of hydrogen-bond acceptors (Lipinski definition) is 6. The molecule has 2 saturated carbocycles. The van der Waals surface area contributed by atoms with Crippen molar-refractivity contribution in [3.8, 4) is 0 Å². The summed E-state index contributed by atoms with van der Waals surface area (Å²) >= 11 is 0. The Morgan fingerprint density at radius 1 is 0.467 bits per heavy atom. The molecule has 0 aromatic rings. The lowest BCUT2D eigenvalue weighted by Crippen LogP contribution is -2.46. The minimum Gasteiger partial charge on any atom is -0.379 e. The van der Waals surface area contributed by atoms with Crippen molar-refractivity contribution in [1.82, 2.24) is 9.80 Å². The molecule has 0 unspecified atom stereocenters. The van der Waals surface area contributed by atoms with Gasteiger partial charge in [0.15, 0.2) is 0 Å². The second kappa shape index (κ2) is 18.4. The molecule has 2 aliphatic heterocycles. The van der Waals surface area contributed by atoms with Crippen LogP contribution in [-0.4, -0.2) is 86.6 Å². The summed E-state index contributed by atoms with van der Waals surface area (Å²) in [5.74, 6) is 0. The third kappa shape index (κ3) is 11.2. The molecule has 2 aliphatic carbocycles. The number of morpholine rings is 2. The zero-order chi connectivity index (χ0) is 18.2. The molecule has 0 amide bonds. The van der Waals surface area contributed by atoms with Crippen molar-refractivity contribution in [2.24, 2.45) is 11.5 Å². The fourth-order valence-corrected chi connectivity index (χ4v) is 4.82. The van der Waals surface area contributed by atoms with Crippen molar-refractivity contribution < 1.29 is 9.47 Å². The van der Waals surface area contributed by atoms with Gasteiger partial charge in [-0.3, -0.25) is 9.80 Å². The van der Waals surface area contributed by atoms with Crippen LogP contribution >= 0.6 is 49.6 Å². The highest BCUT2D eigenvalue weighted by atomic mass is 35.5. The normalized spacial score (nSPS) is 32.6. The lowest BCUT2D eigenvalue weighted by atomic mass is 9.90. The first kappa shape index (κ1) is 33.1. The zero-order valence-electron chi connectivity index (χ0n) is 18.1. The van der Waals surface area contributed by atoms with E-state index < -0.39 is 0 Å². The van der Waals surface area contributed by atoms with Crippen LogP contribution in [0.3, 0.4) is 0 Å². The maximum Gasteiger partial charge on any atom is 0.0594 e. The van der Waals surface area contributed by atoms with E-state index in [4.69, 9.17) is 20.9 Å². The highest BCUT2D eigenvalue weighted by Gasteiger charge is 2.26. The van der Waals surface area contributed by atoms with Crippen molar-refractivity contribution in [1.29, 1.82) is 0 Å². The molecule has 30 heavy (non-hydrogen) atoms. The quantitative estimate of drug-likeness (QED) is 0.591. The molecule has 4 fully saturated rings. The van der Waals surface area contributed by atoms with Gasteiger partial charge in [-0.2, -0.15) is 0 Å². The largest absolute Gasteiger partial charge is 0.379 e. The molecule has 6 nitrogen and oxygen atoms in total. The van der Waals surface area contributed by atoms with Gasteiger partial charge in [-0.15, -0.1) is 49.6 Å². The Hall–Kier alpha value is 0.920. The lowest BCUT2D eigenvalue weighted by Gasteiger charge is -2.38. The monoisotopic (exact) mass is 512 g/mol. The van der Waals surface area contributed by atoms with Gasteiger partial charge in [0.2, 0.25) is 0 Å². The van der Waals surface area contributed by atoms with Gasteiger partial charge in [0.1, 0.15) is 0 Å². The second-order valence-electron chi connectivity index (χ2n) is 8.43. The first-order valence-electron chi connectivity index (χ1n) is 10.9. The van der Waals surface area contributed by atoms with Crippen LogP contribution in [0.5, 0.6) is 0 Å². The van der Waals surface area contributed by atoms with Gasteiger partial charge in [-0.1, -0.05) is 0 Å². The summed E-state index contributed by atoms with van der Waals surface area (Å²) in [6.07, 6.45) is 10.0. The average molecular weight is 514 g/mol. The van der Waals surface area contributed by atoms with Gasteiger partial charge in [0, 0.05) is 50.3 Å². The van der Waals surface area contributed by atoms with Crippen LogP contribution < -0.4 is 11.5 Å². The van der Waals surface area contributed by atoms with E-state index in [2.05, 4.69) is 9.80 Å². The van der Waals surface area contributed by atoms with Gasteiger partial charge >= 0.3 is 0 Å². The van der Waals surface area contributed by atoms with Crippen LogP contribution in [0.1, 0.15) is 51.4 Å². The Morgan fingerprint density at radius 2 is 0.733 bits per heavy atom. The molecule has 184 valence electrons. The van der Waals surface area contributed by atoms with Crippen molar-refractivity contribution in [2.75, 3.05) is 52.6 Å². The molecule has 0 bridgehead atoms. The van der Waals surface area contributed by atoms with Gasteiger partial charge in [-0.05, 0) is 51.4 Å². The SMILES string of the molecule is Cl.Cl.Cl.Cl.NC1CCC(N2CCOCC2)CC1.NC1CCC(N2CCOCC2)CC1. The highest BCUT2D eigenvalue weighted by molar-refractivity contribution is 5.86. The number of nitrogens with zero attached hydrogens (tertiary/aromatic N) is 2. The standard InChI is InChI=1S/2C10H20N2O.4ClH/c2*11-9-1-3-10(4-2-9)12-5-7-13-8-6-12;;;;/h2*9-10H,1-8,11H2;4*1H. The third-order valence-electron chi connectivity index (χ3n) is 6.61. The van der Waals surface area contributed by atoms with Gasteiger partial charge in [0.25, 0.3) is 0 Å². The zero-order valence-corrected chi connectivity index (χ0v) is 21.4. The molecule has 2 heterocycles. The fourth-order valence-electron chi connectivity index (χ4n) is 4.82. The highest BCUT2D eigenvalue weighted by Crippen LogP contribution is 2.23. The van der Waals surface area contributed by atoms with Crippen LogP contribution in [-0.2, 0) is 9.47 Å². The van der Waals surface area contributed by atoms with Crippen molar-refractivity contribution in [2.45, 2.75) is 75.5 Å². The predicted molar refractivity (Wildman–Crippen MR) is 134 cm³/mol. The Labute approximate surface area is 208 Å². The van der Waals surface area contributed by atoms with Crippen LogP contribution in [0.4, 0.5) is 0 Å². The fraction of sp³-hybridized carbons (Fsp3) is 1.00. The van der Waals surface area contributed by atoms with E-state index >= 15 is 0 Å². The maximum atomic E-state index is 5.88. The lowest BCUT2D eigenvalue weighted by molar-refractivity contribution is 0.00746. The molecule has 10 heteroatoms. The molecule has 0 aromatic heterocycles. The molecule has 0 atom stereocenters. The molecule has 0 radical (unpaired) electrons. The Bertz CT molecular complexity index is 351. The number of ether oxygens (including phenoxy) is 2. The summed E-state index contributed by atoms with van der Waals surface area (Å²) in [6, 6.07) is 2.53. The summed E-state index contributed by atoms with van der Waals surface area (Å²) in [6.45, 7) is 8.18. The van der Waals surface area contributed by atoms with E-state index in [1.165, 1.54) is 51.4 Å². The van der Waals surface area contributed by atoms with Crippen LogP contribution in [0, 0.1) is 0 Å². The summed E-state index contributed by atoms with van der Waals surface area (Å²) in [7, 11) is 0. The maximum absolute atomic E-state index is 5.88. The van der Waals surface area contributed by atoms with E-state index in [1.807, 2.05) is 0 Å². The first-order valence-corrected chi connectivity index (χ1v) is 10.9. The van der Waals surface area contributed by atoms with Crippen LogP contribution in [0.25, 0.3) is 0 Å². The molecule has 0 spiro atoms. The Kier molecular flexibility index (Phi) is 20.3.